The van der Waals surface area contributed by atoms with Crippen LogP contribution in [0.1, 0.15) is 5.56 Å². The Morgan fingerprint density at radius 3 is 1.38 bits per heavy atom. The first-order chi connectivity index (χ1) is 29.5. The zero-order chi connectivity index (χ0) is 40.6. The van der Waals surface area contributed by atoms with Crippen molar-refractivity contribution in [3.63, 3.8) is 0 Å². The molecule has 0 atom stereocenters. The Bertz CT molecular complexity index is 2740. The second kappa shape index (κ2) is 15.6. The van der Waals surface area contributed by atoms with Crippen LogP contribution in [-0.2, 0) is 0 Å². The topological polar surface area (TPSA) is 42.7 Å². The summed E-state index contributed by atoms with van der Waals surface area (Å²) in [5.41, 5.74) is 8.99. The molecular weight excluding hydrogens is 745 g/mol. The molecule has 0 N–H and O–H groups in total. The van der Waals surface area contributed by atoms with Gasteiger partial charge in [-0.25, -0.2) is 0 Å². The average molecular weight is 786 g/mol. The van der Waals surface area contributed by atoms with Crippen LogP contribution in [0.15, 0.2) is 212 Å². The van der Waals surface area contributed by atoms with E-state index in [-0.39, 0.29) is 20.9 Å². The molecule has 9 heteroatoms. The summed E-state index contributed by atoms with van der Waals surface area (Å²) in [6.45, 7) is 3.89. The van der Waals surface area contributed by atoms with E-state index in [2.05, 4.69) is 240 Å². The fourth-order valence-corrected chi connectivity index (χ4v) is 12.2. The molecule has 1 saturated heterocycles. The van der Waals surface area contributed by atoms with Crippen LogP contribution in [0.4, 0.5) is 17.1 Å². The number of hydrogen-bond acceptors (Lipinski definition) is 5. The smallest absolute Gasteiger partial charge is 0.388 e. The number of benzene rings is 8. The predicted octanol–water partition coefficient (Wildman–Crippen LogP) is 8.17. The monoisotopic (exact) mass is 786 g/mol. The molecule has 0 saturated carbocycles. The van der Waals surface area contributed by atoms with Crippen molar-refractivity contribution in [3.05, 3.63) is 218 Å². The van der Waals surface area contributed by atoms with Crippen molar-refractivity contribution >= 4 is 72.8 Å². The minimum Gasteiger partial charge on any atom is -0.457 e. The van der Waals surface area contributed by atoms with E-state index in [0.29, 0.717) is 5.56 Å². The van der Waals surface area contributed by atoms with Crippen molar-refractivity contribution in [2.75, 3.05) is 14.2 Å². The zero-order valence-corrected chi connectivity index (χ0v) is 34.6. The maximum atomic E-state index is 10.9. The minimum atomic E-state index is -2.12. The van der Waals surface area contributed by atoms with Crippen LogP contribution in [0.25, 0.3) is 11.1 Å². The van der Waals surface area contributed by atoms with E-state index in [1.165, 1.54) is 15.8 Å². The number of ether oxygens (including phenoxy) is 1. The van der Waals surface area contributed by atoms with Crippen molar-refractivity contribution in [2.45, 2.75) is 13.1 Å². The van der Waals surface area contributed by atoms with Crippen LogP contribution in [0.3, 0.4) is 0 Å². The Labute approximate surface area is 355 Å². The van der Waals surface area contributed by atoms with Crippen LogP contribution in [0.2, 0.25) is 13.1 Å². The van der Waals surface area contributed by atoms with Crippen molar-refractivity contribution in [3.8, 4) is 28.7 Å². The Morgan fingerprint density at radius 1 is 0.450 bits per heavy atom. The standard InChI is InChI=1S/C51H41B3N4OSi/c1-60(2)49-33-19-18-32-48(49)59-51-47(31-20-34-50(51)60)40-35-39(38-55)36-46(37-40)58-53(42-23-10-4-11-24-42)56(44-27-14-6-15-28-44)52(41-21-8-3-9-22-41)57(45-29-16-7-17-30-45)54(58)43-25-12-5-13-26-43/h3-37H,1-2H3. The quantitative estimate of drug-likeness (QED) is 0.153. The molecule has 2 heterocycles. The van der Waals surface area contributed by atoms with Crippen molar-refractivity contribution in [2.24, 2.45) is 0 Å². The maximum Gasteiger partial charge on any atom is 0.388 e. The third-order valence-corrected chi connectivity index (χ3v) is 15.6. The number of nitrogens with zero attached hydrogens (tertiary/aromatic N) is 4. The first-order valence-electron chi connectivity index (χ1n) is 20.6. The number of hydrogen-bond donors (Lipinski definition) is 0. The highest BCUT2D eigenvalue weighted by atomic mass is 28.3. The van der Waals surface area contributed by atoms with E-state index in [0.717, 1.165) is 50.6 Å². The Morgan fingerprint density at radius 2 is 0.883 bits per heavy atom. The van der Waals surface area contributed by atoms with Crippen molar-refractivity contribution in [1.29, 1.82) is 5.26 Å². The lowest BCUT2D eigenvalue weighted by Gasteiger charge is -2.57. The number of fused-ring (bicyclic) bond motifs is 2. The summed E-state index contributed by atoms with van der Waals surface area (Å²) in [5.74, 6) is 1.80. The summed E-state index contributed by atoms with van der Waals surface area (Å²) in [7, 11) is -2.12. The van der Waals surface area contributed by atoms with Crippen molar-refractivity contribution in [1.82, 2.24) is 0 Å². The van der Waals surface area contributed by atoms with E-state index in [4.69, 9.17) is 4.74 Å². The highest BCUT2D eigenvalue weighted by Gasteiger charge is 2.56. The van der Waals surface area contributed by atoms with E-state index < -0.39 is 8.07 Å². The SMILES string of the molecule is C[Si]1(C)c2ccccc2Oc2c(-c3cc(C#N)cc(N4B(c5ccccc5)N(c5ccccc5)B(c5ccccc5)N(c5ccccc5)B4c4ccccc4)c3)cccc21. The first-order valence-corrected chi connectivity index (χ1v) is 23.6. The molecule has 0 unspecified atom stereocenters. The summed E-state index contributed by atoms with van der Waals surface area (Å²) in [4.78, 5) is 0. The first kappa shape index (κ1) is 37.2. The van der Waals surface area contributed by atoms with E-state index in [9.17, 15) is 5.26 Å². The van der Waals surface area contributed by atoms with E-state index in [1.807, 2.05) is 6.07 Å². The van der Waals surface area contributed by atoms with Gasteiger partial charge in [-0.2, -0.15) is 5.26 Å². The van der Waals surface area contributed by atoms with Crippen LogP contribution in [0, 0.1) is 11.3 Å². The maximum absolute atomic E-state index is 10.9. The third-order valence-electron chi connectivity index (χ3n) is 12.1. The minimum absolute atomic E-state index is 0.247. The van der Waals surface area contributed by atoms with Gasteiger partial charge in [0.2, 0.25) is 0 Å². The molecule has 2 aliphatic heterocycles. The Hall–Kier alpha value is -7.14. The van der Waals surface area contributed by atoms with Crippen LogP contribution < -0.4 is 45.7 Å². The van der Waals surface area contributed by atoms with Gasteiger partial charge < -0.3 is 18.9 Å². The van der Waals surface area contributed by atoms with Gasteiger partial charge in [0.05, 0.1) is 11.6 Å². The van der Waals surface area contributed by atoms with Gasteiger partial charge in [-0.15, -0.1) is 0 Å². The molecule has 0 aromatic heterocycles. The van der Waals surface area contributed by atoms with Gasteiger partial charge >= 0.3 is 20.9 Å². The summed E-state index contributed by atoms with van der Waals surface area (Å²) >= 11 is 0. The molecule has 0 bridgehead atoms. The van der Waals surface area contributed by atoms with Gasteiger partial charge in [0.25, 0.3) is 0 Å². The highest BCUT2D eigenvalue weighted by molar-refractivity contribution is 7.14. The highest BCUT2D eigenvalue weighted by Crippen LogP contribution is 2.40. The van der Waals surface area contributed by atoms with Crippen LogP contribution in [0.5, 0.6) is 11.5 Å². The predicted molar refractivity (Wildman–Crippen MR) is 256 cm³/mol. The molecule has 0 aliphatic carbocycles. The molecule has 60 heavy (non-hydrogen) atoms. The molecule has 1 fully saturated rings. The second-order valence-corrected chi connectivity index (χ2v) is 20.4. The van der Waals surface area contributed by atoms with Gasteiger partial charge in [-0.05, 0) is 80.9 Å². The summed E-state index contributed by atoms with van der Waals surface area (Å²) in [6, 6.07) is 77.9. The number of nitriles is 1. The normalized spacial score (nSPS) is 14.2. The molecular formula is C51H41B3N4OSi. The lowest BCUT2D eigenvalue weighted by molar-refractivity contribution is 0.488. The van der Waals surface area contributed by atoms with Crippen molar-refractivity contribution < 1.29 is 4.74 Å². The lowest BCUT2D eigenvalue weighted by Crippen LogP contribution is -2.86. The third kappa shape index (κ3) is 6.46. The van der Waals surface area contributed by atoms with Crippen LogP contribution >= 0.6 is 0 Å². The molecule has 0 amide bonds. The molecule has 284 valence electrons. The molecule has 5 nitrogen and oxygen atoms in total. The van der Waals surface area contributed by atoms with E-state index in [1.54, 1.807) is 0 Å². The lowest BCUT2D eigenvalue weighted by atomic mass is 9.37. The molecule has 10 rings (SSSR count). The molecule has 2 aliphatic rings. The average Bonchev–Trinajstić information content (AvgIpc) is 3.31. The Balaban J connectivity index is 1.28. The number of para-hydroxylation sites is 4. The van der Waals surface area contributed by atoms with Crippen LogP contribution in [-0.4, -0.2) is 29.0 Å². The largest absolute Gasteiger partial charge is 0.457 e. The summed E-state index contributed by atoms with van der Waals surface area (Å²) < 4.78 is 14.5. The summed E-state index contributed by atoms with van der Waals surface area (Å²) in [5, 5.41) is 13.4. The van der Waals surface area contributed by atoms with Gasteiger partial charge in [0.15, 0.2) is 0 Å². The number of rotatable bonds is 7. The van der Waals surface area contributed by atoms with Gasteiger partial charge in [-0.1, -0.05) is 177 Å². The molecule has 0 radical (unpaired) electrons. The second-order valence-electron chi connectivity index (χ2n) is 16.0. The molecule has 8 aromatic rings. The Kier molecular flexibility index (Phi) is 9.63. The zero-order valence-electron chi connectivity index (χ0n) is 33.6. The summed E-state index contributed by atoms with van der Waals surface area (Å²) in [6.07, 6.45) is 0. The van der Waals surface area contributed by atoms with Gasteiger partial charge in [-0.3, -0.25) is 0 Å². The number of anilines is 3. The fraction of sp³-hybridized carbons (Fsp3) is 0.0392. The molecule has 8 aromatic carbocycles. The molecule has 0 spiro atoms. The van der Waals surface area contributed by atoms with Gasteiger partial charge in [0.1, 0.15) is 19.6 Å². The van der Waals surface area contributed by atoms with Gasteiger partial charge in [0, 0.05) is 22.6 Å². The van der Waals surface area contributed by atoms with E-state index >= 15 is 0 Å². The fourth-order valence-electron chi connectivity index (χ4n) is 9.36.